The molecule has 1 saturated heterocycles. The number of sulfone groups is 1. The number of anilines is 1. The number of Topliss-reactive ketones (excluding diaryl/α,β-unsaturated/α-hetero) is 1. The van der Waals surface area contributed by atoms with Gasteiger partial charge < -0.3 is 4.90 Å². The van der Waals surface area contributed by atoms with Crippen LogP contribution in [0.4, 0.5) is 10.1 Å². The molecular formula is C20H19FN2O3S2. The molecule has 2 aromatic rings. The minimum absolute atomic E-state index is 0.0428. The summed E-state index contributed by atoms with van der Waals surface area (Å²) in [6, 6.07) is 12.9. The van der Waals surface area contributed by atoms with Crippen molar-refractivity contribution in [1.29, 1.82) is 0 Å². The maximum absolute atomic E-state index is 13.1. The summed E-state index contributed by atoms with van der Waals surface area (Å²) in [5.74, 6) is 0.352. The van der Waals surface area contributed by atoms with Crippen LogP contribution in [0.2, 0.25) is 0 Å². The highest BCUT2D eigenvalue weighted by molar-refractivity contribution is 8.13. The van der Waals surface area contributed by atoms with Gasteiger partial charge in [0.25, 0.3) is 0 Å². The number of carbonyl (C=O) groups is 1. The zero-order chi connectivity index (χ0) is 19.9. The Morgan fingerprint density at radius 1 is 1.21 bits per heavy atom. The first-order valence-corrected chi connectivity index (χ1v) is 11.7. The van der Waals surface area contributed by atoms with Gasteiger partial charge in [0.15, 0.2) is 20.8 Å². The van der Waals surface area contributed by atoms with Crippen molar-refractivity contribution in [3.05, 3.63) is 65.5 Å². The van der Waals surface area contributed by atoms with Crippen LogP contribution in [0.3, 0.4) is 0 Å². The van der Waals surface area contributed by atoms with E-state index in [4.69, 9.17) is 0 Å². The van der Waals surface area contributed by atoms with E-state index < -0.39 is 9.84 Å². The Balaban J connectivity index is 1.64. The number of ketones is 1. The number of carbonyl (C=O) groups excluding carboxylic acids is 1. The number of benzene rings is 2. The molecule has 0 bridgehead atoms. The molecule has 2 aliphatic rings. The van der Waals surface area contributed by atoms with Crippen molar-refractivity contribution in [3.63, 3.8) is 0 Å². The van der Waals surface area contributed by atoms with E-state index in [9.17, 15) is 17.6 Å². The van der Waals surface area contributed by atoms with Gasteiger partial charge in [-0.15, -0.1) is 0 Å². The molecule has 0 radical (unpaired) electrons. The summed E-state index contributed by atoms with van der Waals surface area (Å²) in [5.41, 5.74) is 2.29. The number of nitrogens with zero attached hydrogens (tertiary/aromatic N) is 2. The molecule has 2 aliphatic heterocycles. The average molecular weight is 419 g/mol. The second-order valence-electron chi connectivity index (χ2n) is 7.01. The first-order chi connectivity index (χ1) is 13.3. The molecule has 28 heavy (non-hydrogen) atoms. The third-order valence-corrected chi connectivity index (χ3v) is 7.66. The number of hydrogen-bond acceptors (Lipinski definition) is 6. The fraction of sp³-hybridized carbons (Fsp3) is 0.300. The molecule has 8 heteroatoms. The van der Waals surface area contributed by atoms with Crippen molar-refractivity contribution in [3.8, 4) is 0 Å². The second-order valence-corrected chi connectivity index (χ2v) is 10.1. The third kappa shape index (κ3) is 3.84. The van der Waals surface area contributed by atoms with Crippen LogP contribution in [0.5, 0.6) is 0 Å². The Morgan fingerprint density at radius 3 is 2.68 bits per heavy atom. The minimum atomic E-state index is -3.13. The van der Waals surface area contributed by atoms with Crippen LogP contribution in [0, 0.1) is 5.82 Å². The summed E-state index contributed by atoms with van der Waals surface area (Å²) in [6.07, 6.45) is 0. The lowest BCUT2D eigenvalue weighted by Crippen LogP contribution is -2.39. The van der Waals surface area contributed by atoms with Gasteiger partial charge in [0, 0.05) is 17.0 Å². The van der Waals surface area contributed by atoms with E-state index in [1.165, 1.54) is 30.8 Å². The van der Waals surface area contributed by atoms with E-state index in [1.807, 2.05) is 11.0 Å². The molecule has 0 amide bonds. The molecule has 2 heterocycles. The van der Waals surface area contributed by atoms with E-state index in [0.29, 0.717) is 11.3 Å². The fourth-order valence-electron chi connectivity index (χ4n) is 3.54. The maximum atomic E-state index is 13.1. The summed E-state index contributed by atoms with van der Waals surface area (Å²) in [7, 11) is -3.13. The van der Waals surface area contributed by atoms with Gasteiger partial charge in [0.1, 0.15) is 5.82 Å². The number of thioether (sulfide) groups is 1. The largest absolute Gasteiger partial charge is 0.315 e. The van der Waals surface area contributed by atoms with Gasteiger partial charge in [-0.25, -0.2) is 12.8 Å². The van der Waals surface area contributed by atoms with Crippen LogP contribution in [0.25, 0.3) is 0 Å². The molecule has 0 aromatic heterocycles. The summed E-state index contributed by atoms with van der Waals surface area (Å²) in [6.45, 7) is 1.50. The molecule has 2 atom stereocenters. The van der Waals surface area contributed by atoms with Gasteiger partial charge in [0.2, 0.25) is 0 Å². The lowest BCUT2D eigenvalue weighted by atomic mass is 10.1. The minimum Gasteiger partial charge on any atom is -0.315 e. The van der Waals surface area contributed by atoms with Crippen molar-refractivity contribution in [2.24, 2.45) is 4.99 Å². The molecule has 0 spiro atoms. The smallest absolute Gasteiger partial charge is 0.164 e. The number of halogens is 1. The van der Waals surface area contributed by atoms with Crippen LogP contribution in [0.15, 0.2) is 53.5 Å². The molecule has 4 rings (SSSR count). The summed E-state index contributed by atoms with van der Waals surface area (Å²) >= 11 is 1.49. The molecule has 0 N–H and O–H groups in total. The zero-order valence-corrected chi connectivity index (χ0v) is 16.8. The van der Waals surface area contributed by atoms with E-state index in [0.717, 1.165) is 16.4 Å². The number of aliphatic imine (C=N–C) groups is 1. The third-order valence-electron chi connectivity index (χ3n) is 4.92. The van der Waals surface area contributed by atoms with Crippen molar-refractivity contribution < 1.29 is 17.6 Å². The molecule has 0 saturated carbocycles. The van der Waals surface area contributed by atoms with Crippen LogP contribution < -0.4 is 4.90 Å². The van der Waals surface area contributed by atoms with Crippen molar-refractivity contribution in [2.45, 2.75) is 24.8 Å². The quantitative estimate of drug-likeness (QED) is 0.713. The van der Waals surface area contributed by atoms with Gasteiger partial charge >= 0.3 is 0 Å². The van der Waals surface area contributed by atoms with E-state index in [-0.39, 0.29) is 35.2 Å². The molecule has 146 valence electrons. The lowest BCUT2D eigenvalue weighted by molar-refractivity contribution is 0.101. The van der Waals surface area contributed by atoms with Crippen molar-refractivity contribution in [1.82, 2.24) is 0 Å². The first-order valence-electron chi connectivity index (χ1n) is 8.88. The SMILES string of the molecule is CC(=O)c1cccc(N2C(SCc3ccc(F)cc3)=N[C@@H]3CS(=O)(=O)C[C@H]32)c1. The molecule has 2 aromatic carbocycles. The highest BCUT2D eigenvalue weighted by Gasteiger charge is 2.47. The van der Waals surface area contributed by atoms with Crippen molar-refractivity contribution >= 4 is 38.2 Å². The van der Waals surface area contributed by atoms with Gasteiger partial charge in [-0.05, 0) is 36.8 Å². The van der Waals surface area contributed by atoms with Crippen molar-refractivity contribution in [2.75, 3.05) is 16.4 Å². The molecule has 0 aliphatic carbocycles. The Morgan fingerprint density at radius 2 is 1.96 bits per heavy atom. The number of fused-ring (bicyclic) bond motifs is 1. The first kappa shape index (κ1) is 19.1. The maximum Gasteiger partial charge on any atom is 0.164 e. The predicted molar refractivity (Wildman–Crippen MR) is 110 cm³/mol. The highest BCUT2D eigenvalue weighted by atomic mass is 32.2. The van der Waals surface area contributed by atoms with E-state index in [2.05, 4.69) is 4.99 Å². The predicted octanol–water partition coefficient (Wildman–Crippen LogP) is 3.30. The topological polar surface area (TPSA) is 66.8 Å². The standard InChI is InChI=1S/C20H19FN2O3S2/c1-13(24)15-3-2-4-17(9-15)23-19-12-28(25,26)11-18(19)22-20(23)27-10-14-5-7-16(21)8-6-14/h2-9,18-19H,10-12H2,1H3/t18-,19-/m1/s1. The van der Waals surface area contributed by atoms with E-state index >= 15 is 0 Å². The molecule has 1 fully saturated rings. The average Bonchev–Trinajstić information content (AvgIpc) is 3.12. The number of rotatable bonds is 4. The van der Waals surface area contributed by atoms with Crippen LogP contribution in [-0.2, 0) is 15.6 Å². The summed E-state index contributed by atoms with van der Waals surface area (Å²) in [4.78, 5) is 18.4. The summed E-state index contributed by atoms with van der Waals surface area (Å²) in [5, 5.41) is 0.731. The molecule has 0 unspecified atom stereocenters. The fourth-order valence-corrected chi connectivity index (χ4v) is 6.46. The Bertz CT molecular complexity index is 1050. The van der Waals surface area contributed by atoms with Gasteiger partial charge in [0.05, 0.1) is 23.6 Å². The number of hydrogen-bond donors (Lipinski definition) is 0. The van der Waals surface area contributed by atoms with Gasteiger partial charge in [-0.1, -0.05) is 36.0 Å². The molecular weight excluding hydrogens is 399 g/mol. The van der Waals surface area contributed by atoms with Gasteiger partial charge in [-0.3, -0.25) is 9.79 Å². The highest BCUT2D eigenvalue weighted by Crippen LogP contribution is 2.36. The Labute approximate surface area is 167 Å². The Kier molecular flexibility index (Phi) is 5.01. The Hall–Kier alpha value is -2.19. The second kappa shape index (κ2) is 7.33. The van der Waals surface area contributed by atoms with E-state index in [1.54, 1.807) is 30.3 Å². The summed E-state index contributed by atoms with van der Waals surface area (Å²) < 4.78 is 37.4. The van der Waals surface area contributed by atoms with Gasteiger partial charge in [-0.2, -0.15) is 0 Å². The normalized spacial score (nSPS) is 22.8. The monoisotopic (exact) mass is 418 g/mol. The number of amidine groups is 1. The lowest BCUT2D eigenvalue weighted by Gasteiger charge is -2.26. The van der Waals surface area contributed by atoms with Crippen LogP contribution >= 0.6 is 11.8 Å². The zero-order valence-electron chi connectivity index (χ0n) is 15.2. The van der Waals surface area contributed by atoms with Crippen LogP contribution in [-0.4, -0.2) is 43.0 Å². The molecule has 5 nitrogen and oxygen atoms in total. The van der Waals surface area contributed by atoms with Crippen LogP contribution in [0.1, 0.15) is 22.8 Å².